The van der Waals surface area contributed by atoms with Gasteiger partial charge in [-0.15, -0.1) is 0 Å². The topological polar surface area (TPSA) is 131 Å². The van der Waals surface area contributed by atoms with Gasteiger partial charge in [-0.05, 0) is 12.8 Å². The molecule has 0 aromatic heterocycles. The van der Waals surface area contributed by atoms with Crippen molar-refractivity contribution < 1.29 is 37.9 Å². The van der Waals surface area contributed by atoms with E-state index in [0.717, 1.165) is 38.5 Å². The van der Waals surface area contributed by atoms with E-state index in [9.17, 15) is 24.2 Å². The first-order valence-corrected chi connectivity index (χ1v) is 19.5. The summed E-state index contributed by atoms with van der Waals surface area (Å²) in [6.45, 7) is 3.50. The van der Waals surface area contributed by atoms with E-state index in [-0.39, 0.29) is 32.1 Å². The second kappa shape index (κ2) is 32.0. The van der Waals surface area contributed by atoms with Gasteiger partial charge in [0.15, 0.2) is 0 Å². The number of rotatable bonds is 34. The molecule has 0 saturated carbocycles. The maximum Gasteiger partial charge on any atom is 0.472 e. The van der Waals surface area contributed by atoms with Gasteiger partial charge in [-0.2, -0.15) is 0 Å². The van der Waals surface area contributed by atoms with Crippen LogP contribution in [0.1, 0.15) is 174 Å². The predicted octanol–water partition coefficient (Wildman–Crippen LogP) is 8.93. The van der Waals surface area contributed by atoms with E-state index in [2.05, 4.69) is 19.2 Å². The first-order valence-electron chi connectivity index (χ1n) is 18.0. The Kier molecular flexibility index (Phi) is 31.3. The number of amides is 1. The molecule has 9 nitrogen and oxygen atoms in total. The lowest BCUT2D eigenvalue weighted by molar-refractivity contribution is -0.147. The quantitative estimate of drug-likeness (QED) is 0.0358. The second-order valence-corrected chi connectivity index (χ2v) is 13.7. The van der Waals surface area contributed by atoms with Gasteiger partial charge >= 0.3 is 13.8 Å². The van der Waals surface area contributed by atoms with Crippen molar-refractivity contribution in [3.63, 3.8) is 0 Å². The zero-order chi connectivity index (χ0) is 32.6. The predicted molar refractivity (Wildman–Crippen MR) is 178 cm³/mol. The van der Waals surface area contributed by atoms with Crippen molar-refractivity contribution in [1.29, 1.82) is 0 Å². The smallest absolute Gasteiger partial charge is 0.463 e. The Morgan fingerprint density at radius 2 is 1.02 bits per heavy atom. The molecular formula is C34H68NO8P. The Balaban J connectivity index is 3.57. The number of nitrogens with one attached hydrogen (secondary N) is 1. The van der Waals surface area contributed by atoms with Gasteiger partial charge < -0.3 is 20.1 Å². The minimum Gasteiger partial charge on any atom is -0.463 e. The number of hydrogen-bond donors (Lipinski definition) is 3. The third kappa shape index (κ3) is 32.4. The van der Waals surface area contributed by atoms with Gasteiger partial charge in [-0.3, -0.25) is 18.6 Å². The average Bonchev–Trinajstić information content (AvgIpc) is 3.00. The lowest BCUT2D eigenvalue weighted by atomic mass is 10.0. The van der Waals surface area contributed by atoms with Crippen LogP contribution in [-0.4, -0.2) is 54.3 Å². The number of phosphoric acid groups is 1. The molecule has 0 aromatic carbocycles. The highest BCUT2D eigenvalue weighted by molar-refractivity contribution is 7.47. The van der Waals surface area contributed by atoms with Gasteiger partial charge in [0.25, 0.3) is 0 Å². The maximum absolute atomic E-state index is 12.0. The number of aliphatic hydroxyl groups excluding tert-OH is 1. The summed E-state index contributed by atoms with van der Waals surface area (Å²) in [7, 11) is -4.39. The Bertz CT molecular complexity index is 709. The van der Waals surface area contributed by atoms with Crippen LogP contribution in [-0.2, 0) is 27.9 Å². The molecule has 0 spiro atoms. The second-order valence-electron chi connectivity index (χ2n) is 12.2. The van der Waals surface area contributed by atoms with Crippen molar-refractivity contribution in [3.05, 3.63) is 0 Å². The van der Waals surface area contributed by atoms with Crippen molar-refractivity contribution in [3.8, 4) is 0 Å². The van der Waals surface area contributed by atoms with Gasteiger partial charge in [-0.25, -0.2) is 4.57 Å². The SMILES string of the molecule is CCCCCCCCCCCCCCCCCCC(=O)NCCOP(=O)(O)OCC(O)COC(=O)CCCCCCCCC. The van der Waals surface area contributed by atoms with Crippen LogP contribution in [0.3, 0.4) is 0 Å². The molecule has 3 N–H and O–H groups in total. The molecule has 0 fully saturated rings. The van der Waals surface area contributed by atoms with Crippen LogP contribution in [0.25, 0.3) is 0 Å². The van der Waals surface area contributed by atoms with E-state index < -0.39 is 26.5 Å². The van der Waals surface area contributed by atoms with E-state index in [4.69, 9.17) is 13.8 Å². The Morgan fingerprint density at radius 1 is 0.614 bits per heavy atom. The van der Waals surface area contributed by atoms with Gasteiger partial charge in [0, 0.05) is 19.4 Å². The van der Waals surface area contributed by atoms with Crippen LogP contribution in [0.5, 0.6) is 0 Å². The highest BCUT2D eigenvalue weighted by Crippen LogP contribution is 2.42. The van der Waals surface area contributed by atoms with Gasteiger partial charge in [-0.1, -0.05) is 149 Å². The summed E-state index contributed by atoms with van der Waals surface area (Å²) in [6, 6.07) is 0. The van der Waals surface area contributed by atoms with Crippen molar-refractivity contribution >= 4 is 19.7 Å². The van der Waals surface area contributed by atoms with Crippen molar-refractivity contribution in [1.82, 2.24) is 5.32 Å². The van der Waals surface area contributed by atoms with Crippen molar-refractivity contribution in [2.24, 2.45) is 0 Å². The minimum absolute atomic E-state index is 0.0877. The van der Waals surface area contributed by atoms with Gasteiger partial charge in [0.1, 0.15) is 12.7 Å². The third-order valence-electron chi connectivity index (χ3n) is 7.79. The van der Waals surface area contributed by atoms with Crippen LogP contribution < -0.4 is 5.32 Å². The molecule has 0 aliphatic heterocycles. The molecule has 0 bridgehead atoms. The molecule has 262 valence electrons. The summed E-state index contributed by atoms with van der Waals surface area (Å²) in [5.41, 5.74) is 0. The van der Waals surface area contributed by atoms with E-state index in [0.29, 0.717) is 6.42 Å². The molecule has 0 aliphatic rings. The number of phosphoric ester groups is 1. The fraction of sp³-hybridized carbons (Fsp3) is 0.941. The lowest BCUT2D eigenvalue weighted by Gasteiger charge is -2.15. The molecule has 1 amide bonds. The van der Waals surface area contributed by atoms with E-state index >= 15 is 0 Å². The summed E-state index contributed by atoms with van der Waals surface area (Å²) in [6.07, 6.45) is 27.7. The minimum atomic E-state index is -4.39. The lowest BCUT2D eigenvalue weighted by Crippen LogP contribution is -2.27. The first kappa shape index (κ1) is 43.0. The first-order chi connectivity index (χ1) is 21.3. The number of ether oxygens (including phenoxy) is 1. The summed E-state index contributed by atoms with van der Waals surface area (Å²) in [5.74, 6) is -0.516. The largest absolute Gasteiger partial charge is 0.472 e. The van der Waals surface area contributed by atoms with Crippen LogP contribution in [0.2, 0.25) is 0 Å². The van der Waals surface area contributed by atoms with Crippen LogP contribution in [0.15, 0.2) is 0 Å². The molecule has 0 aliphatic carbocycles. The Labute approximate surface area is 269 Å². The van der Waals surface area contributed by atoms with Crippen molar-refractivity contribution in [2.75, 3.05) is 26.4 Å². The Hall–Kier alpha value is -0.990. The summed E-state index contributed by atoms with van der Waals surface area (Å²) < 4.78 is 26.6. The Morgan fingerprint density at radius 3 is 1.48 bits per heavy atom. The highest BCUT2D eigenvalue weighted by Gasteiger charge is 2.23. The van der Waals surface area contributed by atoms with Gasteiger partial charge in [0.05, 0.1) is 13.2 Å². The monoisotopic (exact) mass is 649 g/mol. The molecular weight excluding hydrogens is 581 g/mol. The summed E-state index contributed by atoms with van der Waals surface area (Å²) in [5, 5.41) is 12.6. The number of aliphatic hydroxyl groups is 1. The summed E-state index contributed by atoms with van der Waals surface area (Å²) in [4.78, 5) is 33.5. The number of carbonyl (C=O) groups is 2. The third-order valence-corrected chi connectivity index (χ3v) is 8.77. The molecule has 0 radical (unpaired) electrons. The maximum atomic E-state index is 12.0. The molecule has 2 unspecified atom stereocenters. The van der Waals surface area contributed by atoms with Crippen LogP contribution in [0, 0.1) is 0 Å². The number of unbranched alkanes of at least 4 members (excludes halogenated alkanes) is 21. The molecule has 44 heavy (non-hydrogen) atoms. The molecule has 0 saturated heterocycles. The molecule has 0 heterocycles. The number of hydrogen-bond acceptors (Lipinski definition) is 7. The molecule has 10 heteroatoms. The summed E-state index contributed by atoms with van der Waals surface area (Å²) >= 11 is 0. The van der Waals surface area contributed by atoms with E-state index in [1.807, 2.05) is 0 Å². The van der Waals surface area contributed by atoms with Crippen LogP contribution >= 0.6 is 7.82 Å². The molecule has 0 rings (SSSR count). The standard InChI is InChI=1S/C34H68NO8P/c1-3-5-7-9-11-12-13-14-15-16-17-18-19-21-22-24-26-33(37)35-28-29-42-44(39,40)43-31-32(36)30-41-34(38)27-25-23-20-10-8-6-4-2/h32,36H,3-31H2,1-2H3,(H,35,37)(H,39,40). The highest BCUT2D eigenvalue weighted by atomic mass is 31.2. The number of esters is 1. The average molecular weight is 650 g/mol. The van der Waals surface area contributed by atoms with Gasteiger partial charge in [0.2, 0.25) is 5.91 Å². The normalized spacial score (nSPS) is 13.5. The van der Waals surface area contributed by atoms with Crippen molar-refractivity contribution in [2.45, 2.75) is 180 Å². The van der Waals surface area contributed by atoms with E-state index in [1.165, 1.54) is 109 Å². The zero-order valence-electron chi connectivity index (χ0n) is 28.4. The van der Waals surface area contributed by atoms with Crippen LogP contribution in [0.4, 0.5) is 0 Å². The molecule has 0 aromatic rings. The zero-order valence-corrected chi connectivity index (χ0v) is 29.3. The fourth-order valence-electron chi connectivity index (χ4n) is 5.03. The molecule has 2 atom stereocenters. The fourth-order valence-corrected chi connectivity index (χ4v) is 5.78. The number of carbonyl (C=O) groups excluding carboxylic acids is 2. The van der Waals surface area contributed by atoms with E-state index in [1.54, 1.807) is 0 Å².